The number of hydrogen-bond acceptors (Lipinski definition) is 6. The summed E-state index contributed by atoms with van der Waals surface area (Å²) in [5.74, 6) is -0.248. The molecule has 0 saturated heterocycles. The summed E-state index contributed by atoms with van der Waals surface area (Å²) in [6.45, 7) is 5.89. The Labute approximate surface area is 232 Å². The number of carboxylic acid groups (broad SMARTS) is 1. The van der Waals surface area contributed by atoms with Crippen molar-refractivity contribution in [1.29, 1.82) is 0 Å². The number of carbonyl (C=O) groups is 2. The number of carbonyl (C=O) groups excluding carboxylic acids is 1. The summed E-state index contributed by atoms with van der Waals surface area (Å²) in [5, 5.41) is 26.2. The molecular weight excluding hydrogens is 518 g/mol. The summed E-state index contributed by atoms with van der Waals surface area (Å²) in [5.41, 5.74) is 4.80. The van der Waals surface area contributed by atoms with E-state index in [0.717, 1.165) is 56.7 Å². The Morgan fingerprint density at radius 2 is 1.82 bits per heavy atom. The van der Waals surface area contributed by atoms with Gasteiger partial charge in [-0.2, -0.15) is 0 Å². The first-order chi connectivity index (χ1) is 18.8. The number of nitrogens with one attached hydrogen (secondary N) is 2. The van der Waals surface area contributed by atoms with Crippen LogP contribution in [0.4, 0.5) is 11.4 Å². The van der Waals surface area contributed by atoms with Gasteiger partial charge in [-0.05, 0) is 37.8 Å². The van der Waals surface area contributed by atoms with Gasteiger partial charge >= 0.3 is 5.97 Å². The van der Waals surface area contributed by atoms with Gasteiger partial charge in [0, 0.05) is 49.4 Å². The molecule has 39 heavy (non-hydrogen) atoms. The Morgan fingerprint density at radius 1 is 1.13 bits per heavy atom. The molecule has 204 valence electrons. The highest BCUT2D eigenvalue weighted by atomic mass is 35.5. The van der Waals surface area contributed by atoms with E-state index in [2.05, 4.69) is 26.7 Å². The van der Waals surface area contributed by atoms with E-state index >= 15 is 0 Å². The molecule has 5 rings (SSSR count). The standard InChI is InChI=1S/C29H32ClN5O4/c1-17(32-22-7-3-5-20(26(22)30)21-6-4-8-23(27(21)37)31-16-36)28-33-24-15-35(14-13-25(24)34(28)2)19-11-9-18(10-12-19)29(38)39/h3-8,16,18-19,32,37H,1,9-15H2,2H3,(H,31,36)(H,38,39). The molecule has 3 aromatic rings. The number of phenolic OH excluding ortho intramolecular Hbond substituents is 1. The van der Waals surface area contributed by atoms with Crippen molar-refractivity contribution < 1.29 is 19.8 Å². The molecule has 0 spiro atoms. The number of halogens is 1. The van der Waals surface area contributed by atoms with Gasteiger partial charge in [0.05, 0.1) is 33.7 Å². The fourth-order valence-corrected chi connectivity index (χ4v) is 6.09. The maximum atomic E-state index is 11.3. The largest absolute Gasteiger partial charge is 0.505 e. The lowest BCUT2D eigenvalue weighted by Crippen LogP contribution is -2.42. The number of rotatable bonds is 8. The number of nitrogens with zero attached hydrogens (tertiary/aromatic N) is 3. The Morgan fingerprint density at radius 3 is 2.51 bits per heavy atom. The number of anilines is 2. The number of imidazole rings is 1. The fourth-order valence-electron chi connectivity index (χ4n) is 5.81. The molecule has 1 saturated carbocycles. The molecular formula is C29H32ClN5O4. The second kappa shape index (κ2) is 11.1. The van der Waals surface area contributed by atoms with E-state index in [4.69, 9.17) is 16.6 Å². The Hall–Kier alpha value is -3.82. The molecule has 1 fully saturated rings. The fraction of sp³-hybridized carbons (Fsp3) is 0.345. The number of fused-ring (bicyclic) bond motifs is 1. The van der Waals surface area contributed by atoms with Gasteiger partial charge in [0.25, 0.3) is 0 Å². The van der Waals surface area contributed by atoms with Gasteiger partial charge in [0.2, 0.25) is 6.41 Å². The molecule has 1 amide bonds. The van der Waals surface area contributed by atoms with Crippen LogP contribution in [0.5, 0.6) is 5.75 Å². The number of aliphatic carboxylic acids is 1. The summed E-state index contributed by atoms with van der Waals surface area (Å²) in [6.07, 6.45) is 4.64. The Bertz CT molecular complexity index is 1430. The van der Waals surface area contributed by atoms with Gasteiger partial charge < -0.3 is 25.4 Å². The van der Waals surface area contributed by atoms with E-state index in [1.165, 1.54) is 5.69 Å². The van der Waals surface area contributed by atoms with Crippen LogP contribution >= 0.6 is 11.6 Å². The van der Waals surface area contributed by atoms with Gasteiger partial charge in [0.15, 0.2) is 5.82 Å². The number of para-hydroxylation sites is 1. The van der Waals surface area contributed by atoms with Crippen LogP contribution in [-0.2, 0) is 29.6 Å². The quantitative estimate of drug-likeness (QED) is 0.228. The van der Waals surface area contributed by atoms with Crippen LogP contribution in [0, 0.1) is 5.92 Å². The highest BCUT2D eigenvalue weighted by Crippen LogP contribution is 2.41. The van der Waals surface area contributed by atoms with Crippen LogP contribution in [0.25, 0.3) is 16.8 Å². The highest BCUT2D eigenvalue weighted by molar-refractivity contribution is 6.36. The van der Waals surface area contributed by atoms with E-state index in [1.807, 2.05) is 19.2 Å². The van der Waals surface area contributed by atoms with Gasteiger partial charge in [-0.3, -0.25) is 14.5 Å². The zero-order valence-electron chi connectivity index (χ0n) is 21.8. The van der Waals surface area contributed by atoms with Crippen molar-refractivity contribution >= 4 is 41.1 Å². The van der Waals surface area contributed by atoms with Crippen LogP contribution in [-0.4, -0.2) is 49.6 Å². The molecule has 4 N–H and O–H groups in total. The van der Waals surface area contributed by atoms with Crippen LogP contribution < -0.4 is 10.6 Å². The van der Waals surface area contributed by atoms with Crippen LogP contribution in [0.2, 0.25) is 5.02 Å². The number of aromatic nitrogens is 2. The zero-order chi connectivity index (χ0) is 27.7. The Balaban J connectivity index is 1.33. The minimum absolute atomic E-state index is 0.0692. The third-order valence-corrected chi connectivity index (χ3v) is 8.35. The van der Waals surface area contributed by atoms with Crippen molar-refractivity contribution in [3.8, 4) is 16.9 Å². The molecule has 0 unspecified atom stereocenters. The molecule has 2 heterocycles. The predicted octanol–water partition coefficient (Wildman–Crippen LogP) is 5.10. The smallest absolute Gasteiger partial charge is 0.306 e. The summed E-state index contributed by atoms with van der Waals surface area (Å²) in [4.78, 5) is 29.6. The van der Waals surface area contributed by atoms with Gasteiger partial charge in [-0.15, -0.1) is 0 Å². The van der Waals surface area contributed by atoms with E-state index in [1.54, 1.807) is 24.3 Å². The molecule has 1 aliphatic carbocycles. The lowest BCUT2D eigenvalue weighted by atomic mass is 9.85. The number of phenols is 1. The molecule has 1 aromatic heterocycles. The maximum Gasteiger partial charge on any atom is 0.306 e. The number of aromatic hydroxyl groups is 1. The minimum atomic E-state index is -0.680. The minimum Gasteiger partial charge on any atom is -0.505 e. The first kappa shape index (κ1) is 26.8. The summed E-state index contributed by atoms with van der Waals surface area (Å²) < 4.78 is 2.07. The second-order valence-electron chi connectivity index (χ2n) is 10.2. The molecule has 0 atom stereocenters. The van der Waals surface area contributed by atoms with Crippen LogP contribution in [0.1, 0.15) is 42.9 Å². The molecule has 0 radical (unpaired) electrons. The van der Waals surface area contributed by atoms with Crippen molar-refractivity contribution in [2.45, 2.75) is 44.7 Å². The summed E-state index contributed by atoms with van der Waals surface area (Å²) in [7, 11) is 1.99. The summed E-state index contributed by atoms with van der Waals surface area (Å²) in [6, 6.07) is 10.9. The van der Waals surface area contributed by atoms with Crippen LogP contribution in [0.3, 0.4) is 0 Å². The maximum absolute atomic E-state index is 11.3. The lowest BCUT2D eigenvalue weighted by Gasteiger charge is -2.37. The summed E-state index contributed by atoms with van der Waals surface area (Å²) >= 11 is 6.78. The molecule has 2 aliphatic rings. The van der Waals surface area contributed by atoms with E-state index in [0.29, 0.717) is 45.7 Å². The number of amides is 1. The average Bonchev–Trinajstić information content (AvgIpc) is 3.27. The lowest BCUT2D eigenvalue weighted by molar-refractivity contribution is -0.143. The van der Waals surface area contributed by atoms with Crippen molar-refractivity contribution in [2.24, 2.45) is 13.0 Å². The van der Waals surface area contributed by atoms with Crippen LogP contribution in [0.15, 0.2) is 43.0 Å². The third-order valence-electron chi connectivity index (χ3n) is 7.94. The SMILES string of the molecule is C=C(Nc1cccc(-c2cccc(NC=O)c2O)c1Cl)c1nc2c(n1C)CCN(C1CCC(C(=O)O)CC1)C2. The van der Waals surface area contributed by atoms with Gasteiger partial charge in [-0.25, -0.2) is 4.98 Å². The number of hydrogen-bond donors (Lipinski definition) is 4. The number of benzene rings is 2. The molecule has 1 aliphatic heterocycles. The molecule has 10 heteroatoms. The zero-order valence-corrected chi connectivity index (χ0v) is 22.5. The van der Waals surface area contributed by atoms with E-state index in [-0.39, 0.29) is 11.7 Å². The third kappa shape index (κ3) is 5.24. The van der Waals surface area contributed by atoms with Crippen molar-refractivity contribution in [2.75, 3.05) is 17.2 Å². The monoisotopic (exact) mass is 549 g/mol. The first-order valence-corrected chi connectivity index (χ1v) is 13.4. The van der Waals surface area contributed by atoms with E-state index < -0.39 is 5.97 Å². The normalized spacial score (nSPS) is 19.2. The van der Waals surface area contributed by atoms with E-state index in [9.17, 15) is 19.8 Å². The predicted molar refractivity (Wildman–Crippen MR) is 152 cm³/mol. The first-order valence-electron chi connectivity index (χ1n) is 13.1. The molecule has 9 nitrogen and oxygen atoms in total. The van der Waals surface area contributed by atoms with Gasteiger partial charge in [-0.1, -0.05) is 42.4 Å². The second-order valence-corrected chi connectivity index (χ2v) is 10.6. The number of carboxylic acids is 1. The Kier molecular flexibility index (Phi) is 7.63. The van der Waals surface area contributed by atoms with Crippen molar-refractivity contribution in [3.63, 3.8) is 0 Å². The van der Waals surface area contributed by atoms with Crippen molar-refractivity contribution in [3.05, 3.63) is 65.2 Å². The van der Waals surface area contributed by atoms with Crippen molar-refractivity contribution in [1.82, 2.24) is 14.5 Å². The highest BCUT2D eigenvalue weighted by Gasteiger charge is 2.32. The van der Waals surface area contributed by atoms with Gasteiger partial charge in [0.1, 0.15) is 5.75 Å². The average molecular weight is 550 g/mol. The molecule has 0 bridgehead atoms. The molecule has 2 aromatic carbocycles. The topological polar surface area (TPSA) is 120 Å².